The number of carbonyl (C=O) groups is 2. The van der Waals surface area contributed by atoms with Gasteiger partial charge in [-0.2, -0.15) is 4.91 Å². The predicted octanol–water partition coefficient (Wildman–Crippen LogP) is 0.604. The van der Waals surface area contributed by atoms with E-state index in [1.165, 1.54) is 6.92 Å². The number of likely N-dealkylation sites (tertiary alicyclic amines) is 1. The van der Waals surface area contributed by atoms with E-state index in [1.807, 2.05) is 7.05 Å². The van der Waals surface area contributed by atoms with Crippen LogP contribution in [0.5, 0.6) is 0 Å². The minimum absolute atomic E-state index is 0.0517. The van der Waals surface area contributed by atoms with Gasteiger partial charge in [-0.05, 0) is 0 Å². The Morgan fingerprint density at radius 1 is 1.42 bits per heavy atom. The topological polar surface area (TPSA) is 84.8 Å². The Labute approximate surface area is 117 Å². The highest BCUT2D eigenvalue weighted by molar-refractivity contribution is 7.74. The zero-order valence-electron chi connectivity index (χ0n) is 11.2. The van der Waals surface area contributed by atoms with Crippen molar-refractivity contribution in [2.24, 2.45) is 5.18 Å². The first-order valence-electron chi connectivity index (χ1n) is 6.10. The molecule has 1 fully saturated rings. The molecule has 0 aromatic rings. The summed E-state index contributed by atoms with van der Waals surface area (Å²) in [7, 11) is 1.95. The minimum Gasteiger partial charge on any atom is -0.444 e. The number of hydrogen-bond acceptors (Lipinski definition) is 6. The molecule has 1 rings (SSSR count). The third kappa shape index (κ3) is 5.15. The van der Waals surface area contributed by atoms with Crippen LogP contribution in [0.3, 0.4) is 0 Å². The maximum Gasteiger partial charge on any atom is 0.310 e. The predicted molar refractivity (Wildman–Crippen MR) is 72.1 cm³/mol. The number of nitrogens with one attached hydrogen (secondary N) is 1. The quantitative estimate of drug-likeness (QED) is 0.255. The second kappa shape index (κ2) is 6.33. The van der Waals surface area contributed by atoms with Gasteiger partial charge >= 0.3 is 5.97 Å². The summed E-state index contributed by atoms with van der Waals surface area (Å²) in [6.07, 6.45) is 0.960. The summed E-state index contributed by atoms with van der Waals surface area (Å²) in [5.41, 5.74) is -0.895. The Morgan fingerprint density at radius 2 is 2.00 bits per heavy atom. The second-order valence-electron chi connectivity index (χ2n) is 5.17. The molecule has 1 aliphatic rings. The standard InChI is InChI=1S/C11H19N3O4S/c1-9(15)12-8-18-10(16)7-11(13-17)3-5-14(2,19)6-4-11/h19H,3-8H2,1-2H3/p+1. The number of thiol groups is 1. The van der Waals surface area contributed by atoms with Crippen molar-refractivity contribution < 1.29 is 18.2 Å². The van der Waals surface area contributed by atoms with Gasteiger partial charge in [-0.1, -0.05) is 5.18 Å². The highest BCUT2D eigenvalue weighted by Crippen LogP contribution is 2.33. The van der Waals surface area contributed by atoms with Gasteiger partial charge in [0.2, 0.25) is 5.91 Å². The smallest absolute Gasteiger partial charge is 0.310 e. The second-order valence-corrected chi connectivity index (χ2v) is 6.14. The average molecular weight is 290 g/mol. The van der Waals surface area contributed by atoms with Crippen molar-refractivity contribution in [3.8, 4) is 0 Å². The number of carbonyl (C=O) groups excluding carboxylic acids is 2. The number of ether oxygens (including phenoxy) is 1. The van der Waals surface area contributed by atoms with Crippen molar-refractivity contribution in [3.05, 3.63) is 4.91 Å². The van der Waals surface area contributed by atoms with Crippen molar-refractivity contribution in [3.63, 3.8) is 0 Å². The molecule has 1 saturated heterocycles. The molecule has 0 unspecified atom stereocenters. The number of rotatable bonds is 5. The molecule has 0 atom stereocenters. The molecule has 0 spiro atoms. The largest absolute Gasteiger partial charge is 0.444 e. The SMILES string of the molecule is CC(=O)NCOC(=O)CC1(N=O)CC[N+](C)(S)CC1. The van der Waals surface area contributed by atoms with E-state index in [4.69, 9.17) is 4.74 Å². The molecule has 8 heteroatoms. The monoisotopic (exact) mass is 290 g/mol. The summed E-state index contributed by atoms with van der Waals surface area (Å²) in [5, 5.41) is 5.50. The summed E-state index contributed by atoms with van der Waals surface area (Å²) < 4.78 is 5.37. The lowest BCUT2D eigenvalue weighted by atomic mass is 9.85. The molecule has 0 aliphatic carbocycles. The van der Waals surface area contributed by atoms with Crippen LogP contribution in [0.4, 0.5) is 0 Å². The molecule has 1 amide bonds. The van der Waals surface area contributed by atoms with Crippen molar-refractivity contribution in [1.29, 1.82) is 0 Å². The molecule has 1 aliphatic heterocycles. The van der Waals surface area contributed by atoms with Crippen molar-refractivity contribution in [2.45, 2.75) is 31.7 Å². The summed E-state index contributed by atoms with van der Waals surface area (Å²) in [4.78, 5) is 33.3. The van der Waals surface area contributed by atoms with Gasteiger partial charge in [0.25, 0.3) is 0 Å². The van der Waals surface area contributed by atoms with E-state index >= 15 is 0 Å². The molecule has 0 aromatic carbocycles. The van der Waals surface area contributed by atoms with E-state index in [2.05, 4.69) is 23.3 Å². The van der Waals surface area contributed by atoms with Gasteiger partial charge in [0, 0.05) is 19.8 Å². The zero-order valence-corrected chi connectivity index (χ0v) is 12.1. The Hall–Kier alpha value is -1.15. The molecular weight excluding hydrogens is 270 g/mol. The van der Waals surface area contributed by atoms with Gasteiger partial charge in [0.05, 0.1) is 39.4 Å². The fraction of sp³-hybridized carbons (Fsp3) is 0.818. The van der Waals surface area contributed by atoms with Crippen molar-refractivity contribution in [1.82, 2.24) is 5.32 Å². The van der Waals surface area contributed by atoms with Gasteiger partial charge in [-0.3, -0.25) is 13.5 Å². The lowest BCUT2D eigenvalue weighted by Crippen LogP contribution is -2.49. The molecule has 108 valence electrons. The average Bonchev–Trinajstić information content (AvgIpc) is 2.32. The molecule has 0 aromatic heterocycles. The fourth-order valence-corrected chi connectivity index (χ4v) is 2.17. The number of amides is 1. The Morgan fingerprint density at radius 3 is 2.47 bits per heavy atom. The van der Waals surface area contributed by atoms with E-state index in [0.29, 0.717) is 29.8 Å². The van der Waals surface area contributed by atoms with Gasteiger partial charge in [0.15, 0.2) is 6.73 Å². The molecule has 7 nitrogen and oxygen atoms in total. The molecular formula is C11H20N3O4S+. The van der Waals surface area contributed by atoms with Crippen LogP contribution in [0, 0.1) is 4.91 Å². The first kappa shape index (κ1) is 15.9. The third-order valence-corrected chi connectivity index (χ3v) is 3.74. The number of piperidine rings is 1. The first-order valence-corrected chi connectivity index (χ1v) is 6.50. The van der Waals surface area contributed by atoms with Crippen molar-refractivity contribution >= 4 is 24.7 Å². The number of hydrogen-bond donors (Lipinski definition) is 2. The Bertz CT molecular complexity index is 363. The molecule has 0 radical (unpaired) electrons. The molecule has 19 heavy (non-hydrogen) atoms. The van der Waals surface area contributed by atoms with Gasteiger partial charge in [-0.15, -0.1) is 0 Å². The highest BCUT2D eigenvalue weighted by Gasteiger charge is 2.43. The molecule has 1 heterocycles. The van der Waals surface area contributed by atoms with Crippen LogP contribution in [-0.4, -0.2) is 48.2 Å². The van der Waals surface area contributed by atoms with E-state index in [1.54, 1.807) is 0 Å². The fourth-order valence-electron chi connectivity index (χ4n) is 1.97. The van der Waals surface area contributed by atoms with E-state index in [-0.39, 0.29) is 19.1 Å². The number of quaternary nitrogens is 1. The van der Waals surface area contributed by atoms with Crippen LogP contribution < -0.4 is 5.32 Å². The third-order valence-electron chi connectivity index (χ3n) is 3.34. The minimum atomic E-state index is -0.895. The van der Waals surface area contributed by atoms with Crippen molar-refractivity contribution in [2.75, 3.05) is 26.9 Å². The van der Waals surface area contributed by atoms with E-state index in [9.17, 15) is 14.5 Å². The molecule has 0 saturated carbocycles. The maximum atomic E-state index is 11.6. The number of nitrogens with zero attached hydrogens (tertiary/aromatic N) is 2. The number of nitroso groups, excluding NO2 is 1. The lowest BCUT2D eigenvalue weighted by Gasteiger charge is -2.38. The van der Waals surface area contributed by atoms with E-state index < -0.39 is 11.5 Å². The van der Waals surface area contributed by atoms with Crippen LogP contribution >= 0.6 is 12.8 Å². The van der Waals surface area contributed by atoms with Gasteiger partial charge in [-0.25, -0.2) is 0 Å². The summed E-state index contributed by atoms with van der Waals surface area (Å²) in [5.74, 6) is -0.805. The van der Waals surface area contributed by atoms with Gasteiger partial charge in [0.1, 0.15) is 5.54 Å². The highest BCUT2D eigenvalue weighted by atomic mass is 32.1. The van der Waals surface area contributed by atoms with Crippen LogP contribution in [0.15, 0.2) is 5.18 Å². The van der Waals surface area contributed by atoms with Gasteiger partial charge < -0.3 is 10.1 Å². The summed E-state index contributed by atoms with van der Waals surface area (Å²) >= 11 is 4.43. The molecule has 0 bridgehead atoms. The summed E-state index contributed by atoms with van der Waals surface area (Å²) in [6.45, 7) is 2.50. The number of esters is 1. The normalized spacial score (nSPS) is 30.5. The maximum absolute atomic E-state index is 11.6. The Kier molecular flexibility index (Phi) is 5.30. The van der Waals surface area contributed by atoms with Crippen LogP contribution in [0.25, 0.3) is 0 Å². The summed E-state index contributed by atoms with van der Waals surface area (Å²) in [6, 6.07) is 0. The molecule has 1 N–H and O–H groups in total. The van der Waals surface area contributed by atoms with E-state index in [0.717, 1.165) is 0 Å². The first-order chi connectivity index (χ1) is 8.79. The zero-order chi connectivity index (χ0) is 14.5. The van der Waals surface area contributed by atoms with Crippen LogP contribution in [0.2, 0.25) is 0 Å². The Balaban J connectivity index is 2.46. The van der Waals surface area contributed by atoms with Crippen LogP contribution in [0.1, 0.15) is 26.2 Å². The van der Waals surface area contributed by atoms with Crippen LogP contribution in [-0.2, 0) is 14.3 Å². The lowest BCUT2D eigenvalue weighted by molar-refractivity contribution is -0.778.